The minimum absolute atomic E-state index is 0.126. The summed E-state index contributed by atoms with van der Waals surface area (Å²) in [5.41, 5.74) is -5.95. The van der Waals surface area contributed by atoms with Gasteiger partial charge in [0.05, 0.1) is 11.1 Å². The highest BCUT2D eigenvalue weighted by Gasteiger charge is 2.46. The molecule has 0 heterocycles. The van der Waals surface area contributed by atoms with Gasteiger partial charge in [0.15, 0.2) is 0 Å². The van der Waals surface area contributed by atoms with E-state index in [1.807, 2.05) is 0 Å². The molecule has 0 saturated heterocycles. The molecular formula is C10H4F6O3. The number of carboxylic acid groups (broad SMARTS) is 1. The van der Waals surface area contributed by atoms with E-state index >= 15 is 0 Å². The molecule has 0 unspecified atom stereocenters. The number of carboxylic acids is 1. The average Bonchev–Trinajstić information content (AvgIpc) is 2.24. The number of alkyl halides is 6. The second-order valence-electron chi connectivity index (χ2n) is 3.36. The van der Waals surface area contributed by atoms with Crippen molar-refractivity contribution in [2.24, 2.45) is 0 Å². The molecule has 19 heavy (non-hydrogen) atoms. The first-order chi connectivity index (χ1) is 8.46. The number of carbonyl (C=O) groups is 2. The zero-order valence-corrected chi connectivity index (χ0v) is 8.76. The van der Waals surface area contributed by atoms with E-state index in [-0.39, 0.29) is 6.07 Å². The third-order valence-electron chi connectivity index (χ3n) is 2.09. The highest BCUT2D eigenvalue weighted by atomic mass is 19.4. The molecule has 0 aliphatic rings. The highest BCUT2D eigenvalue weighted by Crippen LogP contribution is 2.42. The van der Waals surface area contributed by atoms with E-state index in [1.54, 1.807) is 0 Å². The van der Waals surface area contributed by atoms with Crippen molar-refractivity contribution in [2.75, 3.05) is 0 Å². The van der Waals surface area contributed by atoms with Crippen LogP contribution in [0.4, 0.5) is 26.3 Å². The molecule has 0 atom stereocenters. The molecule has 0 amide bonds. The fourth-order valence-electron chi connectivity index (χ4n) is 1.40. The summed E-state index contributed by atoms with van der Waals surface area (Å²) in [4.78, 5) is 21.4. The summed E-state index contributed by atoms with van der Waals surface area (Å²) in [7, 11) is 0. The van der Waals surface area contributed by atoms with Gasteiger partial charge in [-0.25, -0.2) is 4.79 Å². The predicted octanol–water partition coefficient (Wildman–Crippen LogP) is 2.99. The predicted molar refractivity (Wildman–Crippen MR) is 48.4 cm³/mol. The van der Waals surface area contributed by atoms with Crippen LogP contribution in [-0.4, -0.2) is 16.9 Å². The van der Waals surface area contributed by atoms with Gasteiger partial charge >= 0.3 is 18.3 Å². The first kappa shape index (κ1) is 15.0. The number of rotatable bonds is 2. The Morgan fingerprint density at radius 3 is 1.84 bits per heavy atom. The molecule has 0 fully saturated rings. The summed E-state index contributed by atoms with van der Waals surface area (Å²) in [6.07, 6.45) is -10.9. The van der Waals surface area contributed by atoms with Crippen LogP contribution in [0.25, 0.3) is 0 Å². The lowest BCUT2D eigenvalue weighted by atomic mass is 9.97. The monoisotopic (exact) mass is 286 g/mol. The van der Waals surface area contributed by atoms with Crippen LogP contribution in [0, 0.1) is 0 Å². The van der Waals surface area contributed by atoms with Gasteiger partial charge in [-0.15, -0.1) is 0 Å². The van der Waals surface area contributed by atoms with Gasteiger partial charge in [-0.05, 0) is 6.07 Å². The minimum Gasteiger partial charge on any atom is -0.475 e. The van der Waals surface area contributed by atoms with Crippen molar-refractivity contribution in [3.05, 3.63) is 34.9 Å². The molecule has 104 valence electrons. The molecule has 0 radical (unpaired) electrons. The van der Waals surface area contributed by atoms with Crippen LogP contribution in [0.5, 0.6) is 0 Å². The quantitative estimate of drug-likeness (QED) is 0.516. The highest BCUT2D eigenvalue weighted by molar-refractivity contribution is 6.40. The standard InChI is InChI=1S/C10H4F6O3/c11-9(12,13)5-3-1-2-4(7(17)8(18)19)6(5)10(14,15)16/h1-3H,(H,18,19). The van der Waals surface area contributed by atoms with Crippen LogP contribution in [0.1, 0.15) is 21.5 Å². The summed E-state index contributed by atoms with van der Waals surface area (Å²) in [5, 5.41) is 8.32. The molecule has 0 bridgehead atoms. The second-order valence-corrected chi connectivity index (χ2v) is 3.36. The van der Waals surface area contributed by atoms with Crippen LogP contribution in [0.3, 0.4) is 0 Å². The van der Waals surface area contributed by atoms with Crippen molar-refractivity contribution < 1.29 is 41.0 Å². The second kappa shape index (κ2) is 4.56. The zero-order valence-electron chi connectivity index (χ0n) is 8.76. The molecule has 1 N–H and O–H groups in total. The van der Waals surface area contributed by atoms with Crippen molar-refractivity contribution >= 4 is 11.8 Å². The Hall–Kier alpha value is -2.06. The first-order valence-corrected chi connectivity index (χ1v) is 4.51. The average molecular weight is 286 g/mol. The molecule has 0 aliphatic heterocycles. The lowest BCUT2D eigenvalue weighted by molar-refractivity contribution is -0.162. The molecule has 0 aliphatic carbocycles. The van der Waals surface area contributed by atoms with Crippen molar-refractivity contribution in [3.8, 4) is 0 Å². The van der Waals surface area contributed by atoms with E-state index in [9.17, 15) is 35.9 Å². The fraction of sp³-hybridized carbons (Fsp3) is 0.200. The molecule has 3 nitrogen and oxygen atoms in total. The molecule has 0 aromatic heterocycles. The molecule has 9 heteroatoms. The Morgan fingerprint density at radius 2 is 1.47 bits per heavy atom. The Balaban J connectivity index is 3.68. The number of hydrogen-bond donors (Lipinski definition) is 1. The smallest absolute Gasteiger partial charge is 0.417 e. The van der Waals surface area contributed by atoms with E-state index in [2.05, 4.69) is 0 Å². The third kappa shape index (κ3) is 3.04. The van der Waals surface area contributed by atoms with Gasteiger partial charge in [0.2, 0.25) is 0 Å². The van der Waals surface area contributed by atoms with E-state index in [4.69, 9.17) is 5.11 Å². The van der Waals surface area contributed by atoms with Crippen LogP contribution < -0.4 is 0 Å². The molecule has 1 aromatic rings. The number of aliphatic carboxylic acids is 1. The van der Waals surface area contributed by atoms with Crippen LogP contribution in [0.15, 0.2) is 18.2 Å². The van der Waals surface area contributed by atoms with Gasteiger partial charge in [-0.1, -0.05) is 12.1 Å². The van der Waals surface area contributed by atoms with Crippen molar-refractivity contribution in [3.63, 3.8) is 0 Å². The maximum Gasteiger partial charge on any atom is 0.417 e. The van der Waals surface area contributed by atoms with Gasteiger partial charge in [-0.3, -0.25) is 4.79 Å². The summed E-state index contributed by atoms with van der Waals surface area (Å²) >= 11 is 0. The Labute approximate surface area is 101 Å². The zero-order chi connectivity index (χ0) is 15.0. The van der Waals surface area contributed by atoms with Crippen LogP contribution >= 0.6 is 0 Å². The number of ketones is 1. The number of hydrogen-bond acceptors (Lipinski definition) is 2. The van der Waals surface area contributed by atoms with Crippen molar-refractivity contribution in [2.45, 2.75) is 12.4 Å². The topological polar surface area (TPSA) is 54.4 Å². The number of Topliss-reactive ketones (excluding diaryl/α,β-unsaturated/α-hetero) is 1. The lowest BCUT2D eigenvalue weighted by Gasteiger charge is -2.17. The van der Waals surface area contributed by atoms with Crippen LogP contribution in [0.2, 0.25) is 0 Å². The van der Waals surface area contributed by atoms with E-state index < -0.39 is 40.8 Å². The van der Waals surface area contributed by atoms with Crippen molar-refractivity contribution in [1.29, 1.82) is 0 Å². The summed E-state index contributed by atoms with van der Waals surface area (Å²) in [6.45, 7) is 0. The van der Waals surface area contributed by atoms with E-state index in [0.717, 1.165) is 0 Å². The van der Waals surface area contributed by atoms with Crippen LogP contribution in [-0.2, 0) is 17.1 Å². The molecule has 0 saturated carbocycles. The fourth-order valence-corrected chi connectivity index (χ4v) is 1.40. The maximum absolute atomic E-state index is 12.6. The van der Waals surface area contributed by atoms with Gasteiger partial charge in [0.25, 0.3) is 5.78 Å². The minimum atomic E-state index is -5.51. The number of halogens is 6. The Kier molecular flexibility index (Phi) is 3.60. The summed E-state index contributed by atoms with van der Waals surface area (Å²) in [6, 6.07) is 1.05. The number of benzene rings is 1. The van der Waals surface area contributed by atoms with Gasteiger partial charge < -0.3 is 5.11 Å². The number of carbonyl (C=O) groups excluding carboxylic acids is 1. The largest absolute Gasteiger partial charge is 0.475 e. The molecular weight excluding hydrogens is 282 g/mol. The molecule has 1 aromatic carbocycles. The summed E-state index contributed by atoms with van der Waals surface area (Å²) in [5.74, 6) is -4.33. The normalized spacial score (nSPS) is 12.3. The lowest BCUT2D eigenvalue weighted by Crippen LogP contribution is -2.23. The Bertz CT molecular complexity index is 529. The van der Waals surface area contributed by atoms with Gasteiger partial charge in [0, 0.05) is 5.56 Å². The third-order valence-corrected chi connectivity index (χ3v) is 2.09. The first-order valence-electron chi connectivity index (χ1n) is 4.51. The molecule has 0 spiro atoms. The van der Waals surface area contributed by atoms with E-state index in [0.29, 0.717) is 12.1 Å². The SMILES string of the molecule is O=C(O)C(=O)c1cccc(C(F)(F)F)c1C(F)(F)F. The van der Waals surface area contributed by atoms with Gasteiger partial charge in [-0.2, -0.15) is 26.3 Å². The van der Waals surface area contributed by atoms with E-state index in [1.165, 1.54) is 0 Å². The Morgan fingerprint density at radius 1 is 0.947 bits per heavy atom. The van der Waals surface area contributed by atoms with Gasteiger partial charge in [0.1, 0.15) is 0 Å². The maximum atomic E-state index is 12.6. The summed E-state index contributed by atoms with van der Waals surface area (Å²) < 4.78 is 75.2. The van der Waals surface area contributed by atoms with Crippen molar-refractivity contribution in [1.82, 2.24) is 0 Å². The molecule has 1 rings (SSSR count).